The molecule has 7 N–H and O–H groups in total. The maximum atomic E-state index is 14.6. The van der Waals surface area contributed by atoms with E-state index in [2.05, 4.69) is 20.9 Å². The van der Waals surface area contributed by atoms with E-state index in [1.165, 1.54) is 0 Å². The van der Waals surface area contributed by atoms with Crippen molar-refractivity contribution < 1.29 is 66.9 Å². The van der Waals surface area contributed by atoms with Crippen molar-refractivity contribution in [3.8, 4) is 17.2 Å². The lowest BCUT2D eigenvalue weighted by atomic mass is 9.72. The number of aromatic nitrogens is 1. The number of pyridine rings is 1. The van der Waals surface area contributed by atoms with Crippen molar-refractivity contribution >= 4 is 65.9 Å². The highest BCUT2D eigenvalue weighted by atomic mass is 35.5. The van der Waals surface area contributed by atoms with E-state index in [1.807, 2.05) is 0 Å². The number of carboxylic acids is 1. The Morgan fingerprint density at radius 2 is 1.72 bits per heavy atom. The van der Waals surface area contributed by atoms with Gasteiger partial charge in [0, 0.05) is 37.9 Å². The number of urea groups is 1. The molecule has 17 nitrogen and oxygen atoms in total. The first-order chi connectivity index (χ1) is 25.5. The van der Waals surface area contributed by atoms with Crippen LogP contribution in [0.25, 0.3) is 0 Å². The van der Waals surface area contributed by atoms with Crippen molar-refractivity contribution in [3.05, 3.63) is 80.3 Å². The van der Waals surface area contributed by atoms with Crippen LogP contribution in [0.5, 0.6) is 17.2 Å². The van der Waals surface area contributed by atoms with E-state index in [4.69, 9.17) is 27.9 Å². The number of benzene rings is 2. The van der Waals surface area contributed by atoms with Crippen molar-refractivity contribution in [3.63, 3.8) is 0 Å². The second-order valence-corrected chi connectivity index (χ2v) is 12.5. The number of amides is 6. The summed E-state index contributed by atoms with van der Waals surface area (Å²) in [5, 5.41) is 45.8. The predicted molar refractivity (Wildman–Crippen MR) is 178 cm³/mol. The van der Waals surface area contributed by atoms with Gasteiger partial charge in [-0.1, -0.05) is 29.3 Å². The highest BCUT2D eigenvalue weighted by Gasteiger charge is 2.42. The molecule has 1 aromatic heterocycles. The smallest absolute Gasteiger partial charge is 0.534 e. The Morgan fingerprint density at radius 1 is 1.00 bits per heavy atom. The number of carbonyl (C=O) groups is 6. The first kappa shape index (κ1) is 39.4. The van der Waals surface area contributed by atoms with Gasteiger partial charge in [-0.15, -0.1) is 0 Å². The number of hydrogen-bond donors (Lipinski definition) is 7. The second kappa shape index (κ2) is 16.1. The number of imide groups is 1. The Bertz CT molecular complexity index is 2060. The number of phenolic OH excluding ortho intramolecular Hbond substituents is 2. The van der Waals surface area contributed by atoms with E-state index in [0.29, 0.717) is 11.0 Å². The minimum absolute atomic E-state index is 0.0488. The number of nitrogens with one attached hydrogen (secondary N) is 3. The number of phenols is 2. The molecule has 1 saturated heterocycles. The summed E-state index contributed by atoms with van der Waals surface area (Å²) in [7, 11) is -1.99. The van der Waals surface area contributed by atoms with Gasteiger partial charge in [0.05, 0.1) is 27.7 Å². The van der Waals surface area contributed by atoms with E-state index in [1.54, 1.807) is 0 Å². The van der Waals surface area contributed by atoms with Gasteiger partial charge in [-0.2, -0.15) is 0 Å². The van der Waals surface area contributed by atoms with Crippen LogP contribution in [-0.2, 0) is 20.8 Å². The summed E-state index contributed by atoms with van der Waals surface area (Å²) in [6.07, 6.45) is 1.62. The molecule has 2 atom stereocenters. The summed E-state index contributed by atoms with van der Waals surface area (Å²) in [6, 6.07) is -0.998. The zero-order chi connectivity index (χ0) is 39.6. The molecular formula is C31H26BCl2F3N6O11. The summed E-state index contributed by atoms with van der Waals surface area (Å²) in [6.45, 7) is -0.801. The molecule has 3 heterocycles. The number of carboxylic acid groups (broad SMARTS) is 1. The molecule has 0 bridgehead atoms. The van der Waals surface area contributed by atoms with Crippen LogP contribution < -0.4 is 20.6 Å². The van der Waals surface area contributed by atoms with Gasteiger partial charge in [0.15, 0.2) is 23.1 Å². The maximum absolute atomic E-state index is 14.6. The van der Waals surface area contributed by atoms with Crippen molar-refractivity contribution in [2.45, 2.75) is 24.8 Å². The minimum Gasteiger partial charge on any atom is -0.534 e. The lowest BCUT2D eigenvalue weighted by Gasteiger charge is -2.34. The highest BCUT2D eigenvalue weighted by Crippen LogP contribution is 2.40. The fraction of sp³-hybridized carbons (Fsp3) is 0.258. The summed E-state index contributed by atoms with van der Waals surface area (Å²) in [5.41, 5.74) is -1.91. The van der Waals surface area contributed by atoms with Crippen LogP contribution in [-0.4, -0.2) is 110 Å². The van der Waals surface area contributed by atoms with Crippen molar-refractivity contribution in [2.24, 2.45) is 0 Å². The number of aromatic carboxylic acids is 1. The summed E-state index contributed by atoms with van der Waals surface area (Å²) in [4.78, 5) is 82.0. The number of hydrogen-bond acceptors (Lipinski definition) is 11. The van der Waals surface area contributed by atoms with Crippen LogP contribution >= 0.6 is 23.2 Å². The van der Waals surface area contributed by atoms with Crippen LogP contribution in [0.15, 0.2) is 30.6 Å². The Labute approximate surface area is 311 Å². The van der Waals surface area contributed by atoms with E-state index in [0.717, 1.165) is 29.4 Å². The molecule has 6 amide bonds. The molecule has 5 rings (SSSR count). The Morgan fingerprint density at radius 3 is 2.41 bits per heavy atom. The highest BCUT2D eigenvalue weighted by molar-refractivity contribution is 6.47. The van der Waals surface area contributed by atoms with Gasteiger partial charge in [-0.3, -0.25) is 29.1 Å². The summed E-state index contributed by atoms with van der Waals surface area (Å²) in [5.74, 6) is -14.4. The number of piperazine rings is 1. The molecule has 23 heteroatoms. The van der Waals surface area contributed by atoms with E-state index in [9.17, 15) is 62.3 Å². The molecule has 0 spiro atoms. The number of aromatic hydroxyl groups is 2. The van der Waals surface area contributed by atoms with E-state index >= 15 is 0 Å². The van der Waals surface area contributed by atoms with E-state index < -0.39 is 118 Å². The number of nitrogens with zero attached hydrogens (tertiary/aromatic N) is 3. The first-order valence-electron chi connectivity index (χ1n) is 15.6. The van der Waals surface area contributed by atoms with Crippen molar-refractivity contribution in [1.82, 2.24) is 30.7 Å². The van der Waals surface area contributed by atoms with Gasteiger partial charge in [-0.05, 0) is 30.5 Å². The Hall–Kier alpha value is -5.80. The zero-order valence-electron chi connectivity index (χ0n) is 27.2. The minimum atomic E-state index is -2.09. The third kappa shape index (κ3) is 7.92. The van der Waals surface area contributed by atoms with Gasteiger partial charge >= 0.3 is 30.9 Å². The quantitative estimate of drug-likeness (QED) is 0.0664. The van der Waals surface area contributed by atoms with Crippen LogP contribution in [0, 0.1) is 17.5 Å². The predicted octanol–water partition coefficient (Wildman–Crippen LogP) is 1.30. The first-order valence-corrected chi connectivity index (χ1v) is 16.3. The second-order valence-electron chi connectivity index (χ2n) is 11.7. The molecule has 1 fully saturated rings. The lowest BCUT2D eigenvalue weighted by molar-refractivity contribution is -0.153. The largest absolute Gasteiger partial charge is 0.547 e. The Kier molecular flexibility index (Phi) is 11.7. The third-order valence-corrected chi connectivity index (χ3v) is 9.00. The zero-order valence-corrected chi connectivity index (χ0v) is 28.8. The number of halogens is 5. The normalized spacial score (nSPS) is 16.0. The molecule has 3 aromatic rings. The summed E-state index contributed by atoms with van der Waals surface area (Å²) >= 11 is 11.9. The van der Waals surface area contributed by atoms with Gasteiger partial charge in [-0.25, -0.2) is 22.8 Å². The SMILES string of the molecule is O=C(NCCCN1CCN(C(=O)NC(C(=O)N[C@H]2Cc3ccc(F)c(C(=O)O)c3OB2O)c2cc(F)c(O)c(O)c2Cl)C(=O)C1=O)c1c(F)cncc1Cl. The van der Waals surface area contributed by atoms with E-state index in [-0.39, 0.29) is 43.1 Å². The molecular weight excluding hydrogens is 771 g/mol. The molecule has 0 aliphatic carbocycles. The van der Waals surface area contributed by atoms with Crippen LogP contribution in [0.1, 0.15) is 44.3 Å². The number of carbonyl (C=O) groups excluding carboxylic acids is 5. The summed E-state index contributed by atoms with van der Waals surface area (Å²) < 4.78 is 48.0. The number of fused-ring (bicyclic) bond motifs is 1. The fourth-order valence-electron chi connectivity index (χ4n) is 5.61. The Balaban J connectivity index is 1.28. The molecule has 2 aromatic carbocycles. The average molecular weight is 797 g/mol. The van der Waals surface area contributed by atoms with Gasteiger partial charge in [0.1, 0.15) is 23.2 Å². The van der Waals surface area contributed by atoms with Gasteiger partial charge in [0.25, 0.3) is 5.91 Å². The molecule has 284 valence electrons. The standard InChI is InChI=1S/C31H26BCl2F3N6O11/c33-14-10-38-11-17(37)19(14)26(46)39-4-1-5-42-6-7-43(29(49)28(42)48)31(52)41-22(13-9-16(36)23(44)24(45)21(13)34)27(47)40-18-8-12-2-3-15(35)20(30(50)51)25(12)54-32(18)53/h2-3,9-11,18,22,44-45,53H,1,4-8H2,(H,39,46)(H,40,47)(H,41,52)(H,50,51)/t18-,22?/m0/s1. The molecule has 0 saturated carbocycles. The molecule has 0 radical (unpaired) electrons. The lowest BCUT2D eigenvalue weighted by Crippen LogP contribution is -2.60. The molecule has 54 heavy (non-hydrogen) atoms. The topological polar surface area (TPSA) is 248 Å². The van der Waals surface area contributed by atoms with Gasteiger partial charge in [0.2, 0.25) is 5.91 Å². The monoisotopic (exact) mass is 796 g/mol. The molecule has 2 aliphatic heterocycles. The molecule has 1 unspecified atom stereocenters. The average Bonchev–Trinajstić information content (AvgIpc) is 3.11. The van der Waals surface area contributed by atoms with Crippen molar-refractivity contribution in [1.29, 1.82) is 0 Å². The number of rotatable bonds is 10. The van der Waals surface area contributed by atoms with Crippen LogP contribution in [0.3, 0.4) is 0 Å². The van der Waals surface area contributed by atoms with Crippen molar-refractivity contribution in [2.75, 3.05) is 26.2 Å². The van der Waals surface area contributed by atoms with Gasteiger partial charge < -0.3 is 45.8 Å². The maximum Gasteiger partial charge on any atom is 0.547 e. The van der Waals surface area contributed by atoms with Crippen LogP contribution in [0.4, 0.5) is 18.0 Å². The molecule has 2 aliphatic rings. The third-order valence-electron chi connectivity index (χ3n) is 8.31. The fourth-order valence-corrected chi connectivity index (χ4v) is 6.10. The van der Waals surface area contributed by atoms with Crippen LogP contribution in [0.2, 0.25) is 10.0 Å².